The molecule has 0 aromatic heterocycles. The second-order valence-corrected chi connectivity index (χ2v) is 14.5. The molecule has 11 atom stereocenters. The molecule has 0 saturated carbocycles. The molecule has 3 heterocycles. The Morgan fingerprint density at radius 1 is 1.15 bits per heavy atom. The predicted molar refractivity (Wildman–Crippen MR) is 175 cm³/mol. The standard InChI is InChI=1S/C37H56O9/c1-21(2)14-24(5)32-26(7)31(39)19-36(46-32)18-29-17-28(45-36)13-12-23(4)15-22(3)10-9-11-27(20-38)37(42)30(35(41)44-29)16-25(6)33(43-8)34(37)40/h9-12,14,16,21-22,26,28-34,38-40,42H,13,15,17-20H2,1-8H3/b10-9+,23-12+,24-14+,27-11+/t22-,26-,28+,29-,30?,31-,32+,33+,34+,36-,37+/m0/s1. The Morgan fingerprint density at radius 3 is 2.52 bits per heavy atom. The molecule has 0 aromatic rings. The predicted octanol–water partition coefficient (Wildman–Crippen LogP) is 4.70. The zero-order chi connectivity index (χ0) is 34.0. The molecule has 3 aliphatic heterocycles. The van der Waals surface area contributed by atoms with Gasteiger partial charge in [0.15, 0.2) is 5.79 Å². The van der Waals surface area contributed by atoms with Crippen molar-refractivity contribution in [2.45, 2.75) is 129 Å². The number of methoxy groups -OCH3 is 1. The van der Waals surface area contributed by atoms with Crippen LogP contribution in [0.25, 0.3) is 0 Å². The van der Waals surface area contributed by atoms with E-state index in [2.05, 4.69) is 39.8 Å². The molecule has 4 aliphatic rings. The van der Waals surface area contributed by atoms with Crippen molar-refractivity contribution in [1.82, 2.24) is 0 Å². The van der Waals surface area contributed by atoms with Gasteiger partial charge in [-0.05, 0) is 62.2 Å². The first kappa shape index (κ1) is 36.7. The number of allylic oxidation sites excluding steroid dienone is 5. The molecule has 1 unspecified atom stereocenters. The summed E-state index contributed by atoms with van der Waals surface area (Å²) in [4.78, 5) is 14.1. The van der Waals surface area contributed by atoms with E-state index in [0.29, 0.717) is 24.3 Å². The Morgan fingerprint density at radius 2 is 1.87 bits per heavy atom. The third-order valence-corrected chi connectivity index (χ3v) is 10.1. The van der Waals surface area contributed by atoms with Crippen molar-refractivity contribution in [3.05, 3.63) is 58.7 Å². The summed E-state index contributed by atoms with van der Waals surface area (Å²) >= 11 is 0. The number of hydrogen-bond donors (Lipinski definition) is 4. The van der Waals surface area contributed by atoms with E-state index in [9.17, 15) is 25.2 Å². The van der Waals surface area contributed by atoms with Crippen molar-refractivity contribution in [2.24, 2.45) is 23.7 Å². The Kier molecular flexibility index (Phi) is 12.0. The first-order valence-corrected chi connectivity index (χ1v) is 16.8. The van der Waals surface area contributed by atoms with Crippen LogP contribution >= 0.6 is 0 Å². The summed E-state index contributed by atoms with van der Waals surface area (Å²) in [5.41, 5.74) is 0.655. The first-order valence-electron chi connectivity index (χ1n) is 16.8. The molecule has 4 rings (SSSR count). The second-order valence-electron chi connectivity index (χ2n) is 14.5. The van der Waals surface area contributed by atoms with Gasteiger partial charge in [-0.1, -0.05) is 69.7 Å². The number of carbonyl (C=O) groups excluding carboxylic acids is 1. The molecule has 46 heavy (non-hydrogen) atoms. The van der Waals surface area contributed by atoms with Crippen LogP contribution in [0.5, 0.6) is 0 Å². The van der Waals surface area contributed by atoms with Gasteiger partial charge in [0.1, 0.15) is 29.8 Å². The molecular weight excluding hydrogens is 588 g/mol. The van der Waals surface area contributed by atoms with Gasteiger partial charge >= 0.3 is 5.97 Å². The summed E-state index contributed by atoms with van der Waals surface area (Å²) < 4.78 is 25.2. The van der Waals surface area contributed by atoms with Crippen molar-refractivity contribution in [3.8, 4) is 0 Å². The third-order valence-electron chi connectivity index (χ3n) is 10.1. The van der Waals surface area contributed by atoms with Crippen LogP contribution in [0.1, 0.15) is 80.6 Å². The van der Waals surface area contributed by atoms with Gasteiger partial charge in [0.05, 0.1) is 24.9 Å². The zero-order valence-corrected chi connectivity index (χ0v) is 28.8. The number of hydrogen-bond acceptors (Lipinski definition) is 9. The SMILES string of the molecule is CO[C@@H]1C(C)=CC2C(=O)O[C@H]3C[C@@H](C/C=C(\C)C[C@@H](C)/C=C/C=C(\CO)[C@]2(O)[C@@H]1O)O[C@]1(C3)C[C@H](O)[C@H](C)[C@@H](/C(C)=C/C(C)C)O1. The zero-order valence-electron chi connectivity index (χ0n) is 28.8. The van der Waals surface area contributed by atoms with E-state index in [4.69, 9.17) is 18.9 Å². The van der Waals surface area contributed by atoms with Crippen LogP contribution in [0.2, 0.25) is 0 Å². The highest BCUT2D eigenvalue weighted by Gasteiger charge is 2.57. The van der Waals surface area contributed by atoms with Gasteiger partial charge in [0, 0.05) is 32.3 Å². The Labute approximate surface area is 274 Å². The Bertz CT molecular complexity index is 1250. The molecule has 2 fully saturated rings. The Hall–Kier alpha value is -2.11. The van der Waals surface area contributed by atoms with Gasteiger partial charge in [-0.15, -0.1) is 0 Å². The number of aliphatic hydroxyl groups excluding tert-OH is 3. The van der Waals surface area contributed by atoms with E-state index >= 15 is 0 Å². The van der Waals surface area contributed by atoms with Gasteiger partial charge in [-0.2, -0.15) is 0 Å². The van der Waals surface area contributed by atoms with Gasteiger partial charge in [0.2, 0.25) is 0 Å². The first-order chi connectivity index (χ1) is 21.6. The molecule has 1 spiro atoms. The molecule has 0 aromatic carbocycles. The lowest BCUT2D eigenvalue weighted by Gasteiger charge is -2.51. The molecule has 2 bridgehead atoms. The van der Waals surface area contributed by atoms with Crippen LogP contribution in [0.3, 0.4) is 0 Å². The van der Waals surface area contributed by atoms with Crippen molar-refractivity contribution >= 4 is 5.97 Å². The number of ether oxygens (including phenoxy) is 4. The average Bonchev–Trinajstić information content (AvgIpc) is 2.97. The fraction of sp³-hybridized carbons (Fsp3) is 0.703. The number of aliphatic hydroxyl groups is 4. The summed E-state index contributed by atoms with van der Waals surface area (Å²) in [7, 11) is 1.43. The van der Waals surface area contributed by atoms with Crippen LogP contribution in [-0.4, -0.2) is 88.1 Å². The minimum absolute atomic E-state index is 0.0832. The second kappa shape index (κ2) is 15.0. The van der Waals surface area contributed by atoms with E-state index in [1.54, 1.807) is 25.2 Å². The fourth-order valence-corrected chi connectivity index (χ4v) is 7.79. The van der Waals surface area contributed by atoms with Crippen LogP contribution in [0.15, 0.2) is 58.7 Å². The molecule has 9 heteroatoms. The lowest BCUT2D eigenvalue weighted by molar-refractivity contribution is -0.343. The van der Waals surface area contributed by atoms with Crippen molar-refractivity contribution in [2.75, 3.05) is 13.7 Å². The van der Waals surface area contributed by atoms with E-state index in [-0.39, 0.29) is 42.5 Å². The summed E-state index contributed by atoms with van der Waals surface area (Å²) in [5.74, 6) is -2.95. The fourth-order valence-electron chi connectivity index (χ4n) is 7.79. The maximum Gasteiger partial charge on any atom is 0.316 e. The number of rotatable bonds is 4. The van der Waals surface area contributed by atoms with Crippen LogP contribution in [-0.2, 0) is 23.7 Å². The van der Waals surface area contributed by atoms with Crippen LogP contribution < -0.4 is 0 Å². The minimum Gasteiger partial charge on any atom is -0.462 e. The maximum atomic E-state index is 14.1. The minimum atomic E-state index is -2.19. The van der Waals surface area contributed by atoms with E-state index in [1.807, 2.05) is 19.9 Å². The lowest BCUT2D eigenvalue weighted by Crippen LogP contribution is -2.61. The highest BCUT2D eigenvalue weighted by molar-refractivity contribution is 5.78. The quantitative estimate of drug-likeness (QED) is 0.254. The van der Waals surface area contributed by atoms with E-state index < -0.39 is 54.3 Å². The molecule has 0 radical (unpaired) electrons. The average molecular weight is 645 g/mol. The highest BCUT2D eigenvalue weighted by Crippen LogP contribution is 2.46. The molecule has 9 nitrogen and oxygen atoms in total. The summed E-state index contributed by atoms with van der Waals surface area (Å²) in [5, 5.41) is 45.4. The number of fused-ring (bicyclic) bond motifs is 3. The molecule has 2 saturated heterocycles. The number of carbonyl (C=O) groups is 1. The van der Waals surface area contributed by atoms with E-state index in [1.165, 1.54) is 12.7 Å². The summed E-state index contributed by atoms with van der Waals surface area (Å²) in [6.07, 6.45) is 8.82. The Balaban J connectivity index is 1.78. The number of esters is 1. The smallest absolute Gasteiger partial charge is 0.316 e. The maximum absolute atomic E-state index is 14.1. The van der Waals surface area contributed by atoms with Gasteiger partial charge in [-0.25, -0.2) is 0 Å². The van der Waals surface area contributed by atoms with Gasteiger partial charge < -0.3 is 39.4 Å². The third kappa shape index (κ3) is 7.78. The molecular formula is C37H56O9. The van der Waals surface area contributed by atoms with Crippen LogP contribution in [0, 0.1) is 23.7 Å². The normalized spacial score (nSPS) is 44.4. The van der Waals surface area contributed by atoms with Crippen molar-refractivity contribution in [1.29, 1.82) is 0 Å². The van der Waals surface area contributed by atoms with Crippen molar-refractivity contribution in [3.63, 3.8) is 0 Å². The van der Waals surface area contributed by atoms with Gasteiger partial charge in [0.25, 0.3) is 0 Å². The van der Waals surface area contributed by atoms with Gasteiger partial charge in [-0.3, -0.25) is 4.79 Å². The molecule has 258 valence electrons. The molecule has 1 aliphatic carbocycles. The summed E-state index contributed by atoms with van der Waals surface area (Å²) in [6.45, 7) is 13.5. The van der Waals surface area contributed by atoms with Crippen LogP contribution in [0.4, 0.5) is 0 Å². The lowest BCUT2D eigenvalue weighted by atomic mass is 9.69. The largest absolute Gasteiger partial charge is 0.462 e. The summed E-state index contributed by atoms with van der Waals surface area (Å²) in [6, 6.07) is 0. The molecule has 4 N–H and O–H groups in total. The monoisotopic (exact) mass is 644 g/mol. The topological polar surface area (TPSA) is 135 Å². The van der Waals surface area contributed by atoms with E-state index in [0.717, 1.165) is 12.0 Å². The molecule has 0 amide bonds. The van der Waals surface area contributed by atoms with Crippen molar-refractivity contribution < 1.29 is 44.2 Å². The highest BCUT2D eigenvalue weighted by atomic mass is 16.7.